The van der Waals surface area contributed by atoms with E-state index in [1.54, 1.807) is 7.11 Å². The Bertz CT molecular complexity index is 173. The van der Waals surface area contributed by atoms with Crippen LogP contribution in [0.15, 0.2) is 0 Å². The van der Waals surface area contributed by atoms with Gasteiger partial charge in [0.05, 0.1) is 6.10 Å². The highest BCUT2D eigenvalue weighted by molar-refractivity contribution is 6.18. The molecule has 0 aliphatic heterocycles. The number of hydrogen-bond donors (Lipinski definition) is 1. The van der Waals surface area contributed by atoms with Crippen molar-refractivity contribution in [2.24, 2.45) is 0 Å². The average Bonchev–Trinajstić information content (AvgIpc) is 2.17. The van der Waals surface area contributed by atoms with Gasteiger partial charge in [0, 0.05) is 24.6 Å². The van der Waals surface area contributed by atoms with Crippen LogP contribution in [0.2, 0.25) is 0 Å². The largest absolute Gasteiger partial charge is 0.381 e. The lowest BCUT2D eigenvalue weighted by atomic mass is 9.91. The maximum atomic E-state index is 5.89. The quantitative estimate of drug-likeness (QED) is 0.734. The number of halogens is 1. The van der Waals surface area contributed by atoms with Gasteiger partial charge in [-0.3, -0.25) is 0 Å². The summed E-state index contributed by atoms with van der Waals surface area (Å²) in [5, 5.41) is 3.60. The van der Waals surface area contributed by atoms with Gasteiger partial charge in [0.15, 0.2) is 0 Å². The van der Waals surface area contributed by atoms with Gasteiger partial charge in [0.25, 0.3) is 0 Å². The first-order valence-corrected chi connectivity index (χ1v) is 5.97. The second-order valence-electron chi connectivity index (χ2n) is 4.88. The van der Waals surface area contributed by atoms with Gasteiger partial charge in [-0.15, -0.1) is 11.6 Å². The molecule has 1 rings (SSSR count). The minimum atomic E-state index is 0.0435. The van der Waals surface area contributed by atoms with Gasteiger partial charge < -0.3 is 10.1 Å². The topological polar surface area (TPSA) is 21.3 Å². The van der Waals surface area contributed by atoms with Crippen molar-refractivity contribution in [1.29, 1.82) is 0 Å². The van der Waals surface area contributed by atoms with E-state index in [4.69, 9.17) is 16.3 Å². The van der Waals surface area contributed by atoms with Gasteiger partial charge >= 0.3 is 0 Å². The number of nitrogens with one attached hydrogen (secondary N) is 1. The molecule has 1 N–H and O–H groups in total. The lowest BCUT2D eigenvalue weighted by Crippen LogP contribution is -2.49. The molecule has 0 aromatic heterocycles. The molecule has 0 bridgehead atoms. The Morgan fingerprint density at radius 2 is 2.14 bits per heavy atom. The Morgan fingerprint density at radius 3 is 2.71 bits per heavy atom. The van der Waals surface area contributed by atoms with Crippen molar-refractivity contribution in [3.8, 4) is 0 Å². The third-order valence-electron chi connectivity index (χ3n) is 2.89. The number of ether oxygens (including phenoxy) is 1. The molecule has 1 aliphatic rings. The summed E-state index contributed by atoms with van der Waals surface area (Å²) in [6.45, 7) is 4.30. The van der Waals surface area contributed by atoms with Gasteiger partial charge in [-0.2, -0.15) is 0 Å². The highest BCUT2D eigenvalue weighted by Crippen LogP contribution is 2.22. The second kappa shape index (κ2) is 5.34. The molecule has 1 fully saturated rings. The van der Waals surface area contributed by atoms with Crippen LogP contribution in [0.5, 0.6) is 0 Å². The highest BCUT2D eigenvalue weighted by Gasteiger charge is 2.26. The average molecular weight is 220 g/mol. The zero-order chi connectivity index (χ0) is 10.6. The third-order valence-corrected chi connectivity index (χ3v) is 3.56. The molecule has 84 valence electrons. The molecule has 0 spiro atoms. The molecule has 0 radical (unpaired) electrons. The number of rotatable bonds is 4. The zero-order valence-corrected chi connectivity index (χ0v) is 10.2. The maximum absolute atomic E-state index is 5.89. The molecule has 0 aromatic rings. The Morgan fingerprint density at radius 1 is 1.43 bits per heavy atom. The predicted molar refractivity (Wildman–Crippen MR) is 61.0 cm³/mol. The van der Waals surface area contributed by atoms with E-state index in [9.17, 15) is 0 Å². The smallest absolute Gasteiger partial charge is 0.0586 e. The molecule has 2 nitrogen and oxygen atoms in total. The molecule has 0 aromatic carbocycles. The van der Waals surface area contributed by atoms with E-state index in [2.05, 4.69) is 19.2 Å². The molecule has 1 saturated carbocycles. The summed E-state index contributed by atoms with van der Waals surface area (Å²) in [6, 6.07) is 0.572. The van der Waals surface area contributed by atoms with Gasteiger partial charge in [-0.05, 0) is 39.5 Å². The van der Waals surface area contributed by atoms with Crippen molar-refractivity contribution in [3.05, 3.63) is 0 Å². The summed E-state index contributed by atoms with van der Waals surface area (Å²) in [6.07, 6.45) is 5.27. The number of alkyl halides is 1. The zero-order valence-electron chi connectivity index (χ0n) is 9.48. The summed E-state index contributed by atoms with van der Waals surface area (Å²) in [4.78, 5) is 0. The fraction of sp³-hybridized carbons (Fsp3) is 1.00. The standard InChI is InChI=1S/C11H22ClNO/c1-11(2,8-12)13-9-5-4-6-10(7-9)14-3/h9-10,13H,4-8H2,1-3H3. The fourth-order valence-corrected chi connectivity index (χ4v) is 2.16. The van der Waals surface area contributed by atoms with E-state index in [-0.39, 0.29) is 5.54 Å². The monoisotopic (exact) mass is 219 g/mol. The molecular weight excluding hydrogens is 198 g/mol. The Labute approximate surface area is 92.3 Å². The Kier molecular flexibility index (Phi) is 4.68. The molecule has 0 saturated heterocycles. The molecule has 0 heterocycles. The van der Waals surface area contributed by atoms with Crippen molar-refractivity contribution in [2.45, 2.75) is 57.2 Å². The summed E-state index contributed by atoms with van der Waals surface area (Å²) >= 11 is 5.89. The normalized spacial score (nSPS) is 29.1. The second-order valence-corrected chi connectivity index (χ2v) is 5.15. The van der Waals surface area contributed by atoms with Crippen molar-refractivity contribution in [2.75, 3.05) is 13.0 Å². The van der Waals surface area contributed by atoms with Gasteiger partial charge in [-0.1, -0.05) is 0 Å². The maximum Gasteiger partial charge on any atom is 0.0586 e. The lowest BCUT2D eigenvalue weighted by molar-refractivity contribution is 0.0548. The lowest BCUT2D eigenvalue weighted by Gasteiger charge is -2.35. The van der Waals surface area contributed by atoms with Crippen LogP contribution in [-0.2, 0) is 4.74 Å². The third kappa shape index (κ3) is 3.76. The first-order valence-electron chi connectivity index (χ1n) is 5.44. The highest BCUT2D eigenvalue weighted by atomic mass is 35.5. The van der Waals surface area contributed by atoms with Crippen LogP contribution in [-0.4, -0.2) is 30.7 Å². The van der Waals surface area contributed by atoms with Crippen molar-refractivity contribution in [1.82, 2.24) is 5.32 Å². The number of methoxy groups -OCH3 is 1. The van der Waals surface area contributed by atoms with Crippen LogP contribution >= 0.6 is 11.6 Å². The molecule has 1 aliphatic carbocycles. The fourth-order valence-electron chi connectivity index (χ4n) is 2.08. The van der Waals surface area contributed by atoms with Crippen LogP contribution in [0.3, 0.4) is 0 Å². The van der Waals surface area contributed by atoms with E-state index in [0.717, 1.165) is 6.42 Å². The number of hydrogen-bond acceptors (Lipinski definition) is 2. The summed E-state index contributed by atoms with van der Waals surface area (Å²) in [5.74, 6) is 0.654. The van der Waals surface area contributed by atoms with Crippen molar-refractivity contribution >= 4 is 11.6 Å². The van der Waals surface area contributed by atoms with E-state index >= 15 is 0 Å². The van der Waals surface area contributed by atoms with Crippen molar-refractivity contribution in [3.63, 3.8) is 0 Å². The van der Waals surface area contributed by atoms with Crippen LogP contribution in [0.1, 0.15) is 39.5 Å². The van der Waals surface area contributed by atoms with Gasteiger partial charge in [0.2, 0.25) is 0 Å². The molecule has 0 amide bonds. The van der Waals surface area contributed by atoms with Gasteiger partial charge in [-0.25, -0.2) is 0 Å². The molecule has 2 unspecified atom stereocenters. The first-order chi connectivity index (χ1) is 6.57. The van der Waals surface area contributed by atoms with Crippen LogP contribution in [0.4, 0.5) is 0 Å². The van der Waals surface area contributed by atoms with E-state index < -0.39 is 0 Å². The SMILES string of the molecule is COC1CCCC(NC(C)(C)CCl)C1. The van der Waals surface area contributed by atoms with Crippen LogP contribution in [0, 0.1) is 0 Å². The van der Waals surface area contributed by atoms with E-state index in [0.29, 0.717) is 18.0 Å². The predicted octanol–water partition coefficient (Wildman–Crippen LogP) is 2.55. The molecular formula is C11H22ClNO. The minimum absolute atomic E-state index is 0.0435. The van der Waals surface area contributed by atoms with E-state index in [1.807, 2.05) is 0 Å². The molecule has 2 atom stereocenters. The van der Waals surface area contributed by atoms with Crippen molar-refractivity contribution < 1.29 is 4.74 Å². The first kappa shape index (κ1) is 12.3. The minimum Gasteiger partial charge on any atom is -0.381 e. The van der Waals surface area contributed by atoms with Gasteiger partial charge in [0.1, 0.15) is 0 Å². The Balaban J connectivity index is 2.37. The molecule has 3 heteroatoms. The van der Waals surface area contributed by atoms with Crippen LogP contribution in [0.25, 0.3) is 0 Å². The summed E-state index contributed by atoms with van der Waals surface area (Å²) in [7, 11) is 1.81. The van der Waals surface area contributed by atoms with Crippen LogP contribution < -0.4 is 5.32 Å². The Hall–Kier alpha value is 0.210. The van der Waals surface area contributed by atoms with E-state index in [1.165, 1.54) is 19.3 Å². The molecule has 14 heavy (non-hydrogen) atoms. The summed E-state index contributed by atoms with van der Waals surface area (Å²) in [5.41, 5.74) is 0.0435. The summed E-state index contributed by atoms with van der Waals surface area (Å²) < 4.78 is 5.40.